The molecule has 0 aliphatic carbocycles. The van der Waals surface area contributed by atoms with Gasteiger partial charge in [0.25, 0.3) is 0 Å². The third-order valence-electron chi connectivity index (χ3n) is 2.64. The van der Waals surface area contributed by atoms with Crippen LogP contribution in [-0.4, -0.2) is 11.6 Å². The number of benzene rings is 1. The van der Waals surface area contributed by atoms with Crippen molar-refractivity contribution in [2.24, 2.45) is 0 Å². The van der Waals surface area contributed by atoms with Crippen molar-refractivity contribution in [3.8, 4) is 5.75 Å². The third-order valence-corrected chi connectivity index (χ3v) is 2.64. The summed E-state index contributed by atoms with van der Waals surface area (Å²) < 4.78 is 5.57. The van der Waals surface area contributed by atoms with E-state index in [1.165, 1.54) is 0 Å². The maximum Gasteiger partial charge on any atom is 0.127 e. The van der Waals surface area contributed by atoms with Crippen molar-refractivity contribution in [1.29, 1.82) is 0 Å². The second-order valence-corrected chi connectivity index (χ2v) is 3.64. The highest BCUT2D eigenvalue weighted by molar-refractivity contribution is 5.82. The van der Waals surface area contributed by atoms with Gasteiger partial charge in [0, 0.05) is 17.3 Å². The summed E-state index contributed by atoms with van der Waals surface area (Å²) in [6.07, 6.45) is 3.89. The van der Waals surface area contributed by atoms with E-state index >= 15 is 0 Å². The van der Waals surface area contributed by atoms with E-state index in [4.69, 9.17) is 4.74 Å². The van der Waals surface area contributed by atoms with Crippen molar-refractivity contribution in [2.45, 2.75) is 0 Å². The maximum absolute atomic E-state index is 5.57. The van der Waals surface area contributed by atoms with Crippen LogP contribution in [0.5, 0.6) is 5.75 Å². The Morgan fingerprint density at radius 3 is 2.75 bits per heavy atom. The van der Waals surface area contributed by atoms with Crippen LogP contribution in [0, 0.1) is 0 Å². The molecule has 1 aliphatic rings. The summed E-state index contributed by atoms with van der Waals surface area (Å²) in [6, 6.07) is 14.0. The minimum absolute atomic E-state index is 0.614. The standard InChI is InChI=1S/C14H11NO/c1-2-7-14-12(5-1)11(8-10-16-14)13-6-3-4-9-15-13/h1-9H,10H2. The zero-order chi connectivity index (χ0) is 10.8. The summed E-state index contributed by atoms with van der Waals surface area (Å²) in [5.41, 5.74) is 3.27. The molecule has 2 heterocycles. The first kappa shape index (κ1) is 9.16. The smallest absolute Gasteiger partial charge is 0.127 e. The molecule has 0 N–H and O–H groups in total. The molecule has 78 valence electrons. The summed E-state index contributed by atoms with van der Waals surface area (Å²) in [6.45, 7) is 0.614. The highest BCUT2D eigenvalue weighted by Gasteiger charge is 2.14. The number of ether oxygens (including phenoxy) is 1. The van der Waals surface area contributed by atoms with E-state index < -0.39 is 0 Å². The van der Waals surface area contributed by atoms with Crippen LogP contribution in [-0.2, 0) is 0 Å². The van der Waals surface area contributed by atoms with Crippen LogP contribution in [0.4, 0.5) is 0 Å². The summed E-state index contributed by atoms with van der Waals surface area (Å²) in [7, 11) is 0. The molecule has 2 heteroatoms. The molecular weight excluding hydrogens is 198 g/mol. The molecule has 2 aromatic rings. The quantitative estimate of drug-likeness (QED) is 0.720. The number of nitrogens with zero attached hydrogens (tertiary/aromatic N) is 1. The van der Waals surface area contributed by atoms with Crippen LogP contribution in [0.1, 0.15) is 11.3 Å². The minimum Gasteiger partial charge on any atom is -0.489 e. The van der Waals surface area contributed by atoms with Gasteiger partial charge in [-0.3, -0.25) is 4.98 Å². The fourth-order valence-electron chi connectivity index (χ4n) is 1.90. The number of fused-ring (bicyclic) bond motifs is 1. The molecule has 0 bridgehead atoms. The van der Waals surface area contributed by atoms with Gasteiger partial charge >= 0.3 is 0 Å². The fraction of sp³-hybridized carbons (Fsp3) is 0.0714. The zero-order valence-electron chi connectivity index (χ0n) is 8.76. The van der Waals surface area contributed by atoms with Crippen LogP contribution < -0.4 is 4.74 Å². The van der Waals surface area contributed by atoms with Crippen molar-refractivity contribution in [3.63, 3.8) is 0 Å². The van der Waals surface area contributed by atoms with Crippen LogP contribution in [0.25, 0.3) is 5.57 Å². The van der Waals surface area contributed by atoms with E-state index in [0.717, 1.165) is 22.6 Å². The average Bonchev–Trinajstić information content (AvgIpc) is 2.39. The van der Waals surface area contributed by atoms with Gasteiger partial charge < -0.3 is 4.74 Å². The molecule has 0 radical (unpaired) electrons. The number of aromatic nitrogens is 1. The van der Waals surface area contributed by atoms with E-state index in [1.54, 1.807) is 0 Å². The van der Waals surface area contributed by atoms with Gasteiger partial charge in [-0.25, -0.2) is 0 Å². The second kappa shape index (κ2) is 3.81. The summed E-state index contributed by atoms with van der Waals surface area (Å²) in [5.74, 6) is 0.936. The van der Waals surface area contributed by atoms with Gasteiger partial charge in [-0.1, -0.05) is 24.3 Å². The molecule has 0 fully saturated rings. The minimum atomic E-state index is 0.614. The molecule has 1 aromatic heterocycles. The van der Waals surface area contributed by atoms with Crippen molar-refractivity contribution < 1.29 is 4.74 Å². The van der Waals surface area contributed by atoms with Crippen LogP contribution in [0.2, 0.25) is 0 Å². The summed E-state index contributed by atoms with van der Waals surface area (Å²) in [5, 5.41) is 0. The predicted molar refractivity (Wildman–Crippen MR) is 63.3 cm³/mol. The highest BCUT2D eigenvalue weighted by Crippen LogP contribution is 2.32. The molecule has 0 amide bonds. The number of hydrogen-bond donors (Lipinski definition) is 0. The number of pyridine rings is 1. The predicted octanol–water partition coefficient (Wildman–Crippen LogP) is 2.91. The van der Waals surface area contributed by atoms with Crippen LogP contribution in [0.15, 0.2) is 54.7 Å². The number of rotatable bonds is 1. The Morgan fingerprint density at radius 1 is 1.00 bits per heavy atom. The number of para-hydroxylation sites is 1. The fourth-order valence-corrected chi connectivity index (χ4v) is 1.90. The third kappa shape index (κ3) is 1.48. The van der Waals surface area contributed by atoms with E-state index in [2.05, 4.69) is 17.1 Å². The Labute approximate surface area is 94.2 Å². The molecule has 1 aliphatic heterocycles. The lowest BCUT2D eigenvalue weighted by molar-refractivity contribution is 0.357. The van der Waals surface area contributed by atoms with Gasteiger partial charge in [0.05, 0.1) is 5.69 Å². The molecule has 2 nitrogen and oxygen atoms in total. The first-order valence-electron chi connectivity index (χ1n) is 5.29. The van der Waals surface area contributed by atoms with E-state index in [-0.39, 0.29) is 0 Å². The molecule has 0 unspecified atom stereocenters. The van der Waals surface area contributed by atoms with E-state index in [0.29, 0.717) is 6.61 Å². The van der Waals surface area contributed by atoms with Crippen molar-refractivity contribution >= 4 is 5.57 Å². The summed E-state index contributed by atoms with van der Waals surface area (Å²) >= 11 is 0. The largest absolute Gasteiger partial charge is 0.489 e. The highest BCUT2D eigenvalue weighted by atomic mass is 16.5. The van der Waals surface area contributed by atoms with E-state index in [9.17, 15) is 0 Å². The maximum atomic E-state index is 5.57. The lowest BCUT2D eigenvalue weighted by Crippen LogP contribution is -2.05. The van der Waals surface area contributed by atoms with Crippen molar-refractivity contribution in [1.82, 2.24) is 4.98 Å². The lowest BCUT2D eigenvalue weighted by atomic mass is 9.99. The van der Waals surface area contributed by atoms with Crippen molar-refractivity contribution in [2.75, 3.05) is 6.61 Å². The Hall–Kier alpha value is -2.09. The Kier molecular flexibility index (Phi) is 2.18. The van der Waals surface area contributed by atoms with Crippen LogP contribution >= 0.6 is 0 Å². The van der Waals surface area contributed by atoms with Crippen LogP contribution in [0.3, 0.4) is 0 Å². The Balaban J connectivity index is 2.13. The number of hydrogen-bond acceptors (Lipinski definition) is 2. The van der Waals surface area contributed by atoms with Gasteiger partial charge in [0.2, 0.25) is 0 Å². The molecule has 0 spiro atoms. The molecule has 0 saturated heterocycles. The van der Waals surface area contributed by atoms with Gasteiger partial charge in [0.1, 0.15) is 12.4 Å². The topological polar surface area (TPSA) is 22.1 Å². The first-order chi connectivity index (χ1) is 7.95. The zero-order valence-corrected chi connectivity index (χ0v) is 8.76. The second-order valence-electron chi connectivity index (χ2n) is 3.64. The SMILES string of the molecule is C1=C(c2ccccn2)c2ccccc2OC1. The average molecular weight is 209 g/mol. The van der Waals surface area contributed by atoms with Gasteiger partial charge in [-0.2, -0.15) is 0 Å². The van der Waals surface area contributed by atoms with Gasteiger partial charge in [-0.15, -0.1) is 0 Å². The Bertz CT molecular complexity index is 531. The molecular formula is C14H11NO. The molecule has 1 aromatic carbocycles. The van der Waals surface area contributed by atoms with Gasteiger partial charge in [0.15, 0.2) is 0 Å². The Morgan fingerprint density at radius 2 is 1.88 bits per heavy atom. The normalized spacial score (nSPS) is 13.6. The summed E-state index contributed by atoms with van der Waals surface area (Å²) in [4.78, 5) is 4.38. The van der Waals surface area contributed by atoms with Crippen molar-refractivity contribution in [3.05, 3.63) is 66.0 Å². The monoisotopic (exact) mass is 209 g/mol. The molecule has 0 atom stereocenters. The molecule has 3 rings (SSSR count). The molecule has 0 saturated carbocycles. The van der Waals surface area contributed by atoms with Gasteiger partial charge in [-0.05, 0) is 24.3 Å². The lowest BCUT2D eigenvalue weighted by Gasteiger charge is -2.17. The van der Waals surface area contributed by atoms with E-state index in [1.807, 2.05) is 42.6 Å². The molecule has 16 heavy (non-hydrogen) atoms. The first-order valence-corrected chi connectivity index (χ1v) is 5.29.